The van der Waals surface area contributed by atoms with Crippen LogP contribution in [0, 0.1) is 0 Å². The van der Waals surface area contributed by atoms with E-state index in [0.717, 1.165) is 12.8 Å². The van der Waals surface area contributed by atoms with Crippen molar-refractivity contribution in [3.05, 3.63) is 0 Å². The third-order valence-electron chi connectivity index (χ3n) is 1.85. The molecule has 0 saturated carbocycles. The molecule has 0 bridgehead atoms. The smallest absolute Gasteiger partial charge is 0.196 e. The highest BCUT2D eigenvalue weighted by atomic mass is 35.5. The van der Waals surface area contributed by atoms with Crippen LogP contribution < -0.4 is 11.8 Å². The lowest BCUT2D eigenvalue weighted by molar-refractivity contribution is -0.152. The van der Waals surface area contributed by atoms with Gasteiger partial charge in [0.05, 0.1) is 0 Å². The van der Waals surface area contributed by atoms with Gasteiger partial charge in [-0.05, 0) is 6.42 Å². The zero-order valence-electron chi connectivity index (χ0n) is 8.20. The second-order valence-electron chi connectivity index (χ2n) is 2.90. The van der Waals surface area contributed by atoms with Crippen molar-refractivity contribution in [3.8, 4) is 0 Å². The van der Waals surface area contributed by atoms with Crippen LogP contribution in [0.5, 0.6) is 0 Å². The summed E-state index contributed by atoms with van der Waals surface area (Å²) in [5.74, 6) is 9.84. The van der Waals surface area contributed by atoms with Gasteiger partial charge < -0.3 is 0 Å². The second-order valence-corrected chi connectivity index (χ2v) is 2.90. The molecule has 82 valence electrons. The third-order valence-corrected chi connectivity index (χ3v) is 1.85. The van der Waals surface area contributed by atoms with Gasteiger partial charge in [0, 0.05) is 6.42 Å². The highest BCUT2D eigenvalue weighted by molar-refractivity contribution is 5.85. The van der Waals surface area contributed by atoms with Gasteiger partial charge in [-0.1, -0.05) is 32.6 Å². The van der Waals surface area contributed by atoms with Crippen LogP contribution in [0.15, 0.2) is 0 Å². The molecule has 0 heterocycles. The Morgan fingerprint density at radius 3 is 2.00 bits per heavy atom. The van der Waals surface area contributed by atoms with Crippen molar-refractivity contribution >= 4 is 12.4 Å². The van der Waals surface area contributed by atoms with Crippen molar-refractivity contribution in [1.82, 2.24) is 0 Å². The molecule has 0 aromatic rings. The zero-order valence-corrected chi connectivity index (χ0v) is 9.02. The lowest BCUT2D eigenvalue weighted by Gasteiger charge is -2.10. The molecular formula is C8H21ClN2O2. The molecule has 0 spiro atoms. The fourth-order valence-corrected chi connectivity index (χ4v) is 1.08. The molecule has 0 aromatic carbocycles. The van der Waals surface area contributed by atoms with Crippen LogP contribution in [-0.4, -0.2) is 6.29 Å². The Balaban J connectivity index is 0. The summed E-state index contributed by atoms with van der Waals surface area (Å²) in [6.07, 6.45) is 6.39. The predicted octanol–water partition coefficient (Wildman–Crippen LogP) is 1.88. The van der Waals surface area contributed by atoms with Gasteiger partial charge in [-0.25, -0.2) is 11.8 Å². The molecule has 0 atom stereocenters. The molecule has 0 aromatic heterocycles. The number of nitrogens with two attached hydrogens (primary N) is 2. The minimum absolute atomic E-state index is 0. The summed E-state index contributed by atoms with van der Waals surface area (Å²) < 4.78 is 0. The molecule has 0 fully saturated rings. The lowest BCUT2D eigenvalue weighted by Crippen LogP contribution is -2.23. The van der Waals surface area contributed by atoms with E-state index in [-0.39, 0.29) is 12.4 Å². The first kappa shape index (κ1) is 15.6. The van der Waals surface area contributed by atoms with Crippen LogP contribution in [0.25, 0.3) is 0 Å². The number of rotatable bonds is 8. The lowest BCUT2D eigenvalue weighted by atomic mass is 10.1. The molecule has 0 aliphatic heterocycles. The maximum atomic E-state index is 4.92. The minimum atomic E-state index is -0.438. The fraction of sp³-hybridized carbons (Fsp3) is 1.00. The van der Waals surface area contributed by atoms with Crippen molar-refractivity contribution < 1.29 is 9.68 Å². The number of unbranched alkanes of at least 4 members (excludes halogenated alkanes) is 4. The monoisotopic (exact) mass is 212 g/mol. The molecule has 0 unspecified atom stereocenters. The third kappa shape index (κ3) is 10.0. The molecule has 13 heavy (non-hydrogen) atoms. The van der Waals surface area contributed by atoms with Gasteiger partial charge in [0.15, 0.2) is 6.29 Å². The summed E-state index contributed by atoms with van der Waals surface area (Å²) in [4.78, 5) is 8.92. The average molecular weight is 213 g/mol. The largest absolute Gasteiger partial charge is 0.271 e. The summed E-state index contributed by atoms with van der Waals surface area (Å²) in [5, 5.41) is 0. The van der Waals surface area contributed by atoms with Crippen LogP contribution in [0.2, 0.25) is 0 Å². The first-order valence-electron chi connectivity index (χ1n) is 4.56. The average Bonchev–Trinajstić information content (AvgIpc) is 2.11. The summed E-state index contributed by atoms with van der Waals surface area (Å²) in [6, 6.07) is 0. The van der Waals surface area contributed by atoms with E-state index in [1.165, 1.54) is 25.7 Å². The molecule has 0 rings (SSSR count). The summed E-state index contributed by atoms with van der Waals surface area (Å²) in [7, 11) is 0. The molecule has 0 aliphatic carbocycles. The highest BCUT2D eigenvalue weighted by Crippen LogP contribution is 2.07. The Bertz CT molecular complexity index is 92.2. The van der Waals surface area contributed by atoms with Gasteiger partial charge in [-0.3, -0.25) is 9.68 Å². The Morgan fingerprint density at radius 1 is 1.00 bits per heavy atom. The zero-order chi connectivity index (χ0) is 9.23. The van der Waals surface area contributed by atoms with E-state index in [1.54, 1.807) is 0 Å². The molecule has 0 saturated heterocycles. The van der Waals surface area contributed by atoms with Gasteiger partial charge >= 0.3 is 0 Å². The van der Waals surface area contributed by atoms with Crippen molar-refractivity contribution in [2.24, 2.45) is 11.8 Å². The quantitative estimate of drug-likeness (QED) is 0.366. The summed E-state index contributed by atoms with van der Waals surface area (Å²) >= 11 is 0. The SMILES string of the molecule is CCCCCCCC(ON)ON.Cl. The van der Waals surface area contributed by atoms with Gasteiger partial charge in [-0.15, -0.1) is 12.4 Å². The van der Waals surface area contributed by atoms with Crippen LogP contribution >= 0.6 is 12.4 Å². The molecule has 0 radical (unpaired) electrons. The van der Waals surface area contributed by atoms with Crippen LogP contribution in [-0.2, 0) is 9.68 Å². The molecule has 4 N–H and O–H groups in total. The van der Waals surface area contributed by atoms with E-state index in [9.17, 15) is 0 Å². The first-order valence-corrected chi connectivity index (χ1v) is 4.56. The summed E-state index contributed by atoms with van der Waals surface area (Å²) in [5.41, 5.74) is 0. The van der Waals surface area contributed by atoms with Crippen LogP contribution in [0.4, 0.5) is 0 Å². The molecule has 5 heteroatoms. The molecule has 0 amide bonds. The Labute approximate surface area is 86.3 Å². The van der Waals surface area contributed by atoms with Crippen LogP contribution in [0.3, 0.4) is 0 Å². The first-order chi connectivity index (χ1) is 5.85. The Kier molecular flexibility index (Phi) is 14.6. The van der Waals surface area contributed by atoms with Crippen molar-refractivity contribution in [1.29, 1.82) is 0 Å². The normalized spacial score (nSPS) is 10.2. The number of halogens is 1. The van der Waals surface area contributed by atoms with Gasteiger partial charge in [0.1, 0.15) is 0 Å². The van der Waals surface area contributed by atoms with E-state index in [1.807, 2.05) is 0 Å². The number of hydrogen-bond donors (Lipinski definition) is 2. The maximum absolute atomic E-state index is 4.92. The molecular weight excluding hydrogens is 192 g/mol. The van der Waals surface area contributed by atoms with Gasteiger partial charge in [-0.2, -0.15) is 0 Å². The summed E-state index contributed by atoms with van der Waals surface area (Å²) in [6.45, 7) is 2.19. The highest BCUT2D eigenvalue weighted by Gasteiger charge is 2.04. The maximum Gasteiger partial charge on any atom is 0.196 e. The molecule has 0 aliphatic rings. The van der Waals surface area contributed by atoms with Gasteiger partial charge in [0.25, 0.3) is 0 Å². The number of hydrogen-bond acceptors (Lipinski definition) is 4. The van der Waals surface area contributed by atoms with Gasteiger partial charge in [0.2, 0.25) is 0 Å². The standard InChI is InChI=1S/C8H20N2O2.ClH/c1-2-3-4-5-6-7-8(11-9)12-10;/h8H,2-7,9-10H2,1H3;1H. The van der Waals surface area contributed by atoms with Crippen molar-refractivity contribution in [3.63, 3.8) is 0 Å². The van der Waals surface area contributed by atoms with E-state index in [2.05, 4.69) is 16.6 Å². The van der Waals surface area contributed by atoms with Crippen molar-refractivity contribution in [2.45, 2.75) is 51.7 Å². The topological polar surface area (TPSA) is 70.5 Å². The van der Waals surface area contributed by atoms with E-state index in [0.29, 0.717) is 0 Å². The minimum Gasteiger partial charge on any atom is -0.271 e. The van der Waals surface area contributed by atoms with Crippen molar-refractivity contribution in [2.75, 3.05) is 0 Å². The Hall–Kier alpha value is 0.130. The van der Waals surface area contributed by atoms with Crippen LogP contribution in [0.1, 0.15) is 45.4 Å². The van der Waals surface area contributed by atoms with E-state index >= 15 is 0 Å². The second kappa shape index (κ2) is 12.1. The predicted molar refractivity (Wildman–Crippen MR) is 55.0 cm³/mol. The van der Waals surface area contributed by atoms with E-state index in [4.69, 9.17) is 11.8 Å². The Morgan fingerprint density at radius 2 is 1.54 bits per heavy atom. The fourth-order valence-electron chi connectivity index (χ4n) is 1.08. The molecule has 4 nitrogen and oxygen atoms in total. The van der Waals surface area contributed by atoms with E-state index < -0.39 is 6.29 Å².